The van der Waals surface area contributed by atoms with E-state index in [1.807, 2.05) is 24.3 Å². The highest BCUT2D eigenvalue weighted by Gasteiger charge is 2.44. The van der Waals surface area contributed by atoms with Gasteiger partial charge in [-0.2, -0.15) is 0 Å². The molecule has 0 aromatic heterocycles. The van der Waals surface area contributed by atoms with Crippen LogP contribution in [0, 0.1) is 5.92 Å². The monoisotopic (exact) mass is 344 g/mol. The van der Waals surface area contributed by atoms with Crippen LogP contribution in [0.15, 0.2) is 24.3 Å². The van der Waals surface area contributed by atoms with Crippen molar-refractivity contribution in [1.29, 1.82) is 0 Å². The molecular weight excluding hydrogens is 316 g/mol. The summed E-state index contributed by atoms with van der Waals surface area (Å²) < 4.78 is 0. The van der Waals surface area contributed by atoms with E-state index in [4.69, 9.17) is 0 Å². The Bertz CT molecular complexity index is 622. The van der Waals surface area contributed by atoms with Crippen LogP contribution in [0.4, 0.5) is 11.4 Å². The summed E-state index contributed by atoms with van der Waals surface area (Å²) in [6, 6.07) is 7.87. The lowest BCUT2D eigenvalue weighted by Crippen LogP contribution is -2.59. The highest BCUT2D eigenvalue weighted by molar-refractivity contribution is 6.06. The number of aliphatic hydroxyl groups is 1. The van der Waals surface area contributed by atoms with E-state index in [-0.39, 0.29) is 12.0 Å². The van der Waals surface area contributed by atoms with Crippen LogP contribution in [0.5, 0.6) is 0 Å². The Morgan fingerprint density at radius 1 is 1.16 bits per heavy atom. The molecule has 6 nitrogen and oxygen atoms in total. The minimum atomic E-state index is -0.509. The van der Waals surface area contributed by atoms with E-state index in [0.29, 0.717) is 5.92 Å². The van der Waals surface area contributed by atoms with Gasteiger partial charge >= 0.3 is 0 Å². The molecule has 3 aliphatic heterocycles. The van der Waals surface area contributed by atoms with Crippen LogP contribution in [-0.2, 0) is 4.79 Å². The fourth-order valence-corrected chi connectivity index (χ4v) is 4.37. The molecule has 4 rings (SSSR count). The number of nitrogens with one attached hydrogen (secondary N) is 3. The third-order valence-corrected chi connectivity index (χ3v) is 6.07. The van der Waals surface area contributed by atoms with Crippen molar-refractivity contribution in [3.8, 4) is 0 Å². The number of aliphatic hydroxyl groups excluding tert-OH is 1. The van der Waals surface area contributed by atoms with Crippen molar-refractivity contribution in [2.24, 2.45) is 5.92 Å². The normalized spacial score (nSPS) is 25.1. The molecule has 0 saturated carbocycles. The number of rotatable bonds is 3. The summed E-state index contributed by atoms with van der Waals surface area (Å²) in [7, 11) is 0. The minimum Gasteiger partial charge on any atom is -0.392 e. The molecule has 1 unspecified atom stereocenters. The maximum absolute atomic E-state index is 12.7. The minimum absolute atomic E-state index is 0.0738. The third-order valence-electron chi connectivity index (χ3n) is 6.07. The van der Waals surface area contributed by atoms with Gasteiger partial charge in [0, 0.05) is 19.6 Å². The molecule has 1 aromatic carbocycles. The number of carbonyl (C=O) groups excluding carboxylic acids is 1. The first-order chi connectivity index (χ1) is 12.2. The second-order valence-electron chi connectivity index (χ2n) is 7.66. The molecule has 136 valence electrons. The van der Waals surface area contributed by atoms with E-state index >= 15 is 0 Å². The Balaban J connectivity index is 1.35. The molecule has 25 heavy (non-hydrogen) atoms. The number of hydrogen-bond acceptors (Lipinski definition) is 5. The zero-order chi connectivity index (χ0) is 17.3. The van der Waals surface area contributed by atoms with Crippen molar-refractivity contribution in [2.75, 3.05) is 43.4 Å². The Hall–Kier alpha value is -1.63. The highest BCUT2D eigenvalue weighted by Crippen LogP contribution is 2.36. The Labute approximate surface area is 149 Å². The summed E-state index contributed by atoms with van der Waals surface area (Å²) >= 11 is 0. The maximum Gasteiger partial charge on any atom is 0.250 e. The highest BCUT2D eigenvalue weighted by atomic mass is 16.3. The first kappa shape index (κ1) is 16.8. The van der Waals surface area contributed by atoms with E-state index in [2.05, 4.69) is 20.9 Å². The van der Waals surface area contributed by atoms with Crippen LogP contribution in [-0.4, -0.2) is 60.3 Å². The van der Waals surface area contributed by atoms with Gasteiger partial charge in [-0.15, -0.1) is 0 Å². The summed E-state index contributed by atoms with van der Waals surface area (Å²) in [4.78, 5) is 15.0. The number of nitrogens with zero attached hydrogens (tertiary/aromatic N) is 1. The van der Waals surface area contributed by atoms with Gasteiger partial charge in [0.25, 0.3) is 0 Å². The fourth-order valence-electron chi connectivity index (χ4n) is 4.37. The smallest absolute Gasteiger partial charge is 0.250 e. The summed E-state index contributed by atoms with van der Waals surface area (Å²) in [5, 5.41) is 20.4. The second kappa shape index (κ2) is 6.94. The van der Waals surface area contributed by atoms with Gasteiger partial charge in [0.05, 0.1) is 17.5 Å². The fraction of sp³-hybridized carbons (Fsp3) is 0.632. The van der Waals surface area contributed by atoms with Gasteiger partial charge in [0.2, 0.25) is 5.91 Å². The number of amides is 1. The molecule has 1 atom stereocenters. The molecule has 2 saturated heterocycles. The number of piperidine rings is 2. The molecule has 3 aliphatic rings. The van der Waals surface area contributed by atoms with E-state index in [1.165, 1.54) is 0 Å². The predicted octanol–water partition coefficient (Wildman–Crippen LogP) is 1.25. The molecule has 6 heteroatoms. The summed E-state index contributed by atoms with van der Waals surface area (Å²) in [5.41, 5.74) is 1.36. The number of likely N-dealkylation sites (tertiary alicyclic amines) is 1. The molecule has 0 radical (unpaired) electrons. The van der Waals surface area contributed by atoms with Gasteiger partial charge in [0.15, 0.2) is 0 Å². The number of fused-ring (bicyclic) bond motifs is 1. The van der Waals surface area contributed by atoms with Gasteiger partial charge in [-0.3, -0.25) is 4.79 Å². The average molecular weight is 344 g/mol. The van der Waals surface area contributed by atoms with Crippen molar-refractivity contribution in [3.63, 3.8) is 0 Å². The van der Waals surface area contributed by atoms with Crippen molar-refractivity contribution >= 4 is 17.3 Å². The molecule has 0 aliphatic carbocycles. The van der Waals surface area contributed by atoms with Crippen molar-refractivity contribution in [3.05, 3.63) is 24.3 Å². The Kier molecular flexibility index (Phi) is 4.67. The van der Waals surface area contributed by atoms with Crippen LogP contribution in [0.1, 0.15) is 25.7 Å². The maximum atomic E-state index is 12.7. The van der Waals surface area contributed by atoms with Gasteiger partial charge in [-0.25, -0.2) is 0 Å². The number of benzene rings is 1. The molecule has 1 spiro atoms. The van der Waals surface area contributed by atoms with Crippen LogP contribution in [0.2, 0.25) is 0 Å². The van der Waals surface area contributed by atoms with Crippen LogP contribution in [0.25, 0.3) is 0 Å². The van der Waals surface area contributed by atoms with E-state index in [0.717, 1.165) is 69.8 Å². The lowest BCUT2D eigenvalue weighted by Gasteiger charge is -2.45. The van der Waals surface area contributed by atoms with Crippen LogP contribution < -0.4 is 16.0 Å². The molecule has 1 aromatic rings. The molecule has 1 amide bonds. The van der Waals surface area contributed by atoms with Gasteiger partial charge in [0.1, 0.15) is 5.54 Å². The Morgan fingerprint density at radius 2 is 1.84 bits per heavy atom. The quantitative estimate of drug-likeness (QED) is 0.664. The summed E-state index contributed by atoms with van der Waals surface area (Å²) in [6.07, 6.45) is 3.39. The van der Waals surface area contributed by atoms with E-state index in [1.54, 1.807) is 0 Å². The largest absolute Gasteiger partial charge is 0.392 e. The lowest BCUT2D eigenvalue weighted by molar-refractivity contribution is -0.122. The number of carbonyl (C=O) groups is 1. The van der Waals surface area contributed by atoms with Gasteiger partial charge in [-0.05, 0) is 56.8 Å². The Morgan fingerprint density at radius 3 is 2.56 bits per heavy atom. The zero-order valence-corrected chi connectivity index (χ0v) is 14.6. The summed E-state index contributed by atoms with van der Waals surface area (Å²) in [5.74, 6) is 0.477. The third kappa shape index (κ3) is 3.38. The zero-order valence-electron chi connectivity index (χ0n) is 14.6. The SMILES string of the molecule is O=C1Nc2ccccc2NC12CCN(CC(O)C1CCNCC1)CC2. The molecule has 3 heterocycles. The van der Waals surface area contributed by atoms with Crippen molar-refractivity contribution in [1.82, 2.24) is 10.2 Å². The summed E-state index contributed by atoms with van der Waals surface area (Å²) in [6.45, 7) is 4.41. The molecule has 4 N–H and O–H groups in total. The van der Waals surface area contributed by atoms with Crippen molar-refractivity contribution in [2.45, 2.75) is 37.3 Å². The van der Waals surface area contributed by atoms with Gasteiger partial charge < -0.3 is 26.0 Å². The number of hydrogen-bond donors (Lipinski definition) is 4. The number of anilines is 2. The lowest BCUT2D eigenvalue weighted by atomic mass is 9.84. The predicted molar refractivity (Wildman–Crippen MR) is 98.7 cm³/mol. The number of para-hydroxylation sites is 2. The second-order valence-corrected chi connectivity index (χ2v) is 7.66. The van der Waals surface area contributed by atoms with Crippen LogP contribution in [0.3, 0.4) is 0 Å². The van der Waals surface area contributed by atoms with Crippen molar-refractivity contribution < 1.29 is 9.90 Å². The van der Waals surface area contributed by atoms with E-state index < -0.39 is 5.54 Å². The van der Waals surface area contributed by atoms with Crippen LogP contribution >= 0.6 is 0 Å². The first-order valence-electron chi connectivity index (χ1n) is 9.46. The average Bonchev–Trinajstić information content (AvgIpc) is 2.65. The number of β-amino-alcohol motifs (C(OH)–C–C–N with tert-alkyl or cyclic N) is 1. The van der Waals surface area contributed by atoms with E-state index in [9.17, 15) is 9.90 Å². The molecule has 0 bridgehead atoms. The topological polar surface area (TPSA) is 76.6 Å². The van der Waals surface area contributed by atoms with Gasteiger partial charge in [-0.1, -0.05) is 12.1 Å². The first-order valence-corrected chi connectivity index (χ1v) is 9.46. The molecule has 2 fully saturated rings. The standard InChI is InChI=1S/C19H28N4O2/c24-17(14-5-9-20-10-6-14)13-23-11-7-19(8-12-23)18(25)21-15-3-1-2-4-16(15)22-19/h1-4,14,17,20,22,24H,5-13H2,(H,21,25). The molecular formula is C19H28N4O2.